The third kappa shape index (κ3) is 4.01. The summed E-state index contributed by atoms with van der Waals surface area (Å²) in [6.07, 6.45) is 1.66. The van der Waals surface area contributed by atoms with E-state index in [1.807, 2.05) is 4.68 Å². The highest BCUT2D eigenvalue weighted by atomic mass is 16.5. The van der Waals surface area contributed by atoms with Crippen molar-refractivity contribution in [2.24, 2.45) is 5.92 Å². The fraction of sp³-hybridized carbons (Fsp3) is 0.769. The summed E-state index contributed by atoms with van der Waals surface area (Å²) >= 11 is 0. The van der Waals surface area contributed by atoms with Gasteiger partial charge in [0.25, 0.3) is 0 Å². The Morgan fingerprint density at radius 3 is 3.10 bits per heavy atom. The summed E-state index contributed by atoms with van der Waals surface area (Å²) in [5.41, 5.74) is 0. The molecule has 112 valence electrons. The molecule has 0 aromatic carbocycles. The molecule has 1 aromatic heterocycles. The minimum Gasteiger partial charge on any atom is -0.481 e. The molecule has 1 fully saturated rings. The fourth-order valence-electron chi connectivity index (χ4n) is 2.38. The lowest BCUT2D eigenvalue weighted by atomic mass is 10.1. The van der Waals surface area contributed by atoms with Crippen LogP contribution in [0.5, 0.6) is 0 Å². The van der Waals surface area contributed by atoms with Gasteiger partial charge in [-0.05, 0) is 5.92 Å². The van der Waals surface area contributed by atoms with E-state index >= 15 is 0 Å². The van der Waals surface area contributed by atoms with Crippen molar-refractivity contribution in [3.8, 4) is 0 Å². The number of hydrogen-bond donors (Lipinski definition) is 1. The third-order valence-corrected chi connectivity index (χ3v) is 3.34. The van der Waals surface area contributed by atoms with E-state index in [1.165, 1.54) is 0 Å². The molecule has 7 nitrogen and oxygen atoms in total. The predicted molar refractivity (Wildman–Crippen MR) is 72.1 cm³/mol. The highest BCUT2D eigenvalue weighted by Gasteiger charge is 2.26. The van der Waals surface area contributed by atoms with Crippen LogP contribution in [0, 0.1) is 5.92 Å². The Morgan fingerprint density at radius 2 is 2.40 bits per heavy atom. The zero-order chi connectivity index (χ0) is 14.5. The van der Waals surface area contributed by atoms with Crippen molar-refractivity contribution in [2.75, 3.05) is 19.8 Å². The Morgan fingerprint density at radius 1 is 1.60 bits per heavy atom. The summed E-state index contributed by atoms with van der Waals surface area (Å²) < 4.78 is 7.28. The lowest BCUT2D eigenvalue weighted by Crippen LogP contribution is -2.46. The molecular formula is C13H22N4O3. The number of hydrogen-bond acceptors (Lipinski definition) is 5. The summed E-state index contributed by atoms with van der Waals surface area (Å²) in [7, 11) is 0. The number of carbonyl (C=O) groups is 1. The number of ether oxygens (including phenoxy) is 1. The van der Waals surface area contributed by atoms with Gasteiger partial charge in [-0.2, -0.15) is 5.10 Å². The lowest BCUT2D eigenvalue weighted by Gasteiger charge is -2.34. The second kappa shape index (κ2) is 6.81. The van der Waals surface area contributed by atoms with E-state index in [4.69, 9.17) is 9.84 Å². The van der Waals surface area contributed by atoms with Gasteiger partial charge in [-0.1, -0.05) is 13.8 Å². The van der Waals surface area contributed by atoms with E-state index < -0.39 is 5.97 Å². The average molecular weight is 282 g/mol. The van der Waals surface area contributed by atoms with Gasteiger partial charge in [-0.25, -0.2) is 9.67 Å². The molecule has 1 aromatic rings. The van der Waals surface area contributed by atoms with Crippen molar-refractivity contribution >= 4 is 5.97 Å². The number of carboxylic acids is 1. The number of aromatic nitrogens is 3. The van der Waals surface area contributed by atoms with E-state index in [0.29, 0.717) is 25.7 Å². The maximum absolute atomic E-state index is 10.9. The van der Waals surface area contributed by atoms with Crippen LogP contribution in [-0.4, -0.2) is 56.5 Å². The molecule has 0 aliphatic carbocycles. The van der Waals surface area contributed by atoms with Crippen LogP contribution in [0.25, 0.3) is 0 Å². The maximum Gasteiger partial charge on any atom is 0.305 e. The second-order valence-corrected chi connectivity index (χ2v) is 5.55. The van der Waals surface area contributed by atoms with E-state index in [-0.39, 0.29) is 12.5 Å². The molecular weight excluding hydrogens is 260 g/mol. The minimum atomic E-state index is -0.797. The zero-order valence-corrected chi connectivity index (χ0v) is 12.0. The number of aliphatic carboxylic acids is 1. The van der Waals surface area contributed by atoms with Crippen LogP contribution < -0.4 is 0 Å². The summed E-state index contributed by atoms with van der Waals surface area (Å²) in [6.45, 7) is 7.53. The molecule has 0 saturated carbocycles. The first-order valence-electron chi connectivity index (χ1n) is 6.96. The van der Waals surface area contributed by atoms with Gasteiger partial charge < -0.3 is 9.84 Å². The van der Waals surface area contributed by atoms with Gasteiger partial charge in [0.15, 0.2) is 0 Å². The van der Waals surface area contributed by atoms with Crippen molar-refractivity contribution in [3.63, 3.8) is 0 Å². The van der Waals surface area contributed by atoms with Crippen molar-refractivity contribution < 1.29 is 14.6 Å². The topological polar surface area (TPSA) is 80.5 Å². The first-order chi connectivity index (χ1) is 9.56. The Balaban J connectivity index is 2.03. The number of morpholine rings is 1. The quantitative estimate of drug-likeness (QED) is 0.823. The number of rotatable bonds is 6. The molecule has 2 heterocycles. The molecule has 0 radical (unpaired) electrons. The summed E-state index contributed by atoms with van der Waals surface area (Å²) in [5, 5.41) is 13.2. The summed E-state index contributed by atoms with van der Waals surface area (Å²) in [6, 6.07) is -0.0922. The molecule has 2 rings (SSSR count). The molecule has 1 N–H and O–H groups in total. The van der Waals surface area contributed by atoms with E-state index in [9.17, 15) is 4.79 Å². The van der Waals surface area contributed by atoms with Crippen LogP contribution in [0.2, 0.25) is 0 Å². The van der Waals surface area contributed by atoms with Crippen LogP contribution in [0.3, 0.4) is 0 Å². The van der Waals surface area contributed by atoms with Crippen LogP contribution in [-0.2, 0) is 22.6 Å². The monoisotopic (exact) mass is 282 g/mol. The first kappa shape index (κ1) is 14.9. The molecule has 1 aliphatic rings. The van der Waals surface area contributed by atoms with Gasteiger partial charge in [0.1, 0.15) is 12.2 Å². The van der Waals surface area contributed by atoms with Crippen LogP contribution in [0.4, 0.5) is 0 Å². The van der Waals surface area contributed by atoms with Gasteiger partial charge in [-0.3, -0.25) is 9.69 Å². The zero-order valence-electron chi connectivity index (χ0n) is 12.0. The Labute approximate surface area is 118 Å². The molecule has 0 spiro atoms. The lowest BCUT2D eigenvalue weighted by molar-refractivity contribution is -0.140. The number of carboxylic acid groups (broad SMARTS) is 1. The second-order valence-electron chi connectivity index (χ2n) is 5.55. The van der Waals surface area contributed by atoms with E-state index in [1.54, 1.807) is 6.33 Å². The maximum atomic E-state index is 10.9. The molecule has 1 saturated heterocycles. The van der Waals surface area contributed by atoms with Crippen molar-refractivity contribution in [3.05, 3.63) is 12.2 Å². The van der Waals surface area contributed by atoms with E-state index in [0.717, 1.165) is 18.9 Å². The molecule has 7 heteroatoms. The molecule has 1 atom stereocenters. The SMILES string of the molecule is CC(C)Cn1ncnc1CN1CCOCC1CC(=O)O. The number of nitrogens with zero attached hydrogens (tertiary/aromatic N) is 4. The summed E-state index contributed by atoms with van der Waals surface area (Å²) in [4.78, 5) is 17.3. The normalized spacial score (nSPS) is 20.4. The largest absolute Gasteiger partial charge is 0.481 e. The third-order valence-electron chi connectivity index (χ3n) is 3.34. The molecule has 1 unspecified atom stereocenters. The highest BCUT2D eigenvalue weighted by molar-refractivity contribution is 5.67. The van der Waals surface area contributed by atoms with Crippen molar-refractivity contribution in [2.45, 2.75) is 39.4 Å². The smallest absolute Gasteiger partial charge is 0.305 e. The molecule has 20 heavy (non-hydrogen) atoms. The predicted octanol–water partition coefficient (Wildman–Crippen LogP) is 0.610. The van der Waals surface area contributed by atoms with Gasteiger partial charge in [0.2, 0.25) is 0 Å². The Hall–Kier alpha value is -1.47. The van der Waals surface area contributed by atoms with Crippen LogP contribution in [0.15, 0.2) is 6.33 Å². The van der Waals surface area contributed by atoms with E-state index in [2.05, 4.69) is 28.8 Å². The standard InChI is InChI=1S/C13H22N4O3/c1-10(2)6-17-12(14-9-15-17)7-16-3-4-20-8-11(16)5-13(18)19/h9-11H,3-8H2,1-2H3,(H,18,19). The first-order valence-corrected chi connectivity index (χ1v) is 6.96. The Bertz CT molecular complexity index is 447. The average Bonchev–Trinajstić information content (AvgIpc) is 2.78. The van der Waals surface area contributed by atoms with Gasteiger partial charge in [0, 0.05) is 19.1 Å². The van der Waals surface area contributed by atoms with Gasteiger partial charge in [-0.15, -0.1) is 0 Å². The van der Waals surface area contributed by atoms with Crippen LogP contribution in [0.1, 0.15) is 26.1 Å². The van der Waals surface area contributed by atoms with Gasteiger partial charge >= 0.3 is 5.97 Å². The Kier molecular flexibility index (Phi) is 5.08. The molecule has 1 aliphatic heterocycles. The van der Waals surface area contributed by atoms with Crippen LogP contribution >= 0.6 is 0 Å². The minimum absolute atomic E-state index is 0.0922. The highest BCUT2D eigenvalue weighted by Crippen LogP contribution is 2.14. The molecule has 0 amide bonds. The van der Waals surface area contributed by atoms with Gasteiger partial charge in [0.05, 0.1) is 26.2 Å². The van der Waals surface area contributed by atoms with Crippen molar-refractivity contribution in [1.82, 2.24) is 19.7 Å². The summed E-state index contributed by atoms with van der Waals surface area (Å²) in [5.74, 6) is 0.583. The fourth-order valence-corrected chi connectivity index (χ4v) is 2.38. The molecule has 0 bridgehead atoms. The van der Waals surface area contributed by atoms with Crippen molar-refractivity contribution in [1.29, 1.82) is 0 Å².